The van der Waals surface area contributed by atoms with Gasteiger partial charge in [-0.3, -0.25) is 14.6 Å². The Morgan fingerprint density at radius 1 is 1.31 bits per heavy atom. The molecule has 1 aromatic carbocycles. The quantitative estimate of drug-likeness (QED) is 0.676. The van der Waals surface area contributed by atoms with E-state index in [0.29, 0.717) is 19.5 Å². The van der Waals surface area contributed by atoms with Crippen LogP contribution in [-0.2, 0) is 17.8 Å². The average molecular weight is 355 g/mol. The van der Waals surface area contributed by atoms with Gasteiger partial charge in [0.25, 0.3) is 0 Å². The number of halogens is 1. The molecule has 6 nitrogen and oxygen atoms in total. The molecule has 1 N–H and O–H groups in total. The van der Waals surface area contributed by atoms with Gasteiger partial charge in [-0.2, -0.15) is 10.2 Å². The molecular weight excluding hydrogens is 333 g/mol. The number of hydrogen-bond donors (Lipinski definition) is 1. The van der Waals surface area contributed by atoms with Crippen molar-refractivity contribution in [2.75, 3.05) is 13.6 Å². The third-order valence-corrected chi connectivity index (χ3v) is 4.23. The number of hydrogen-bond acceptors (Lipinski definition) is 3. The van der Waals surface area contributed by atoms with E-state index in [0.717, 1.165) is 29.8 Å². The molecule has 3 aromatic rings. The number of H-pyrrole nitrogens is 1. The first-order chi connectivity index (χ1) is 12.6. The van der Waals surface area contributed by atoms with Gasteiger partial charge in [0.05, 0.1) is 5.69 Å². The largest absolute Gasteiger partial charge is 0.346 e. The minimum absolute atomic E-state index is 0.102. The summed E-state index contributed by atoms with van der Waals surface area (Å²) in [7, 11) is 1.82. The summed E-state index contributed by atoms with van der Waals surface area (Å²) in [4.78, 5) is 13.9. The van der Waals surface area contributed by atoms with Gasteiger partial charge in [0, 0.05) is 50.2 Å². The number of amides is 1. The van der Waals surface area contributed by atoms with Gasteiger partial charge >= 0.3 is 0 Å². The van der Waals surface area contributed by atoms with Gasteiger partial charge in [-0.25, -0.2) is 4.39 Å². The van der Waals surface area contributed by atoms with Crippen LogP contribution in [0.25, 0.3) is 11.3 Å². The molecule has 2 aromatic heterocycles. The van der Waals surface area contributed by atoms with Crippen LogP contribution in [0.3, 0.4) is 0 Å². The van der Waals surface area contributed by atoms with Gasteiger partial charge in [-0.15, -0.1) is 0 Å². The molecule has 0 spiro atoms. The van der Waals surface area contributed by atoms with Gasteiger partial charge in [0.2, 0.25) is 5.91 Å². The Morgan fingerprint density at radius 2 is 2.19 bits per heavy atom. The van der Waals surface area contributed by atoms with E-state index < -0.39 is 0 Å². The number of aromatic amines is 1. The fraction of sp³-hybridized carbons (Fsp3) is 0.316. The first-order valence-electron chi connectivity index (χ1n) is 8.63. The van der Waals surface area contributed by atoms with Gasteiger partial charge in [-0.1, -0.05) is 12.1 Å². The van der Waals surface area contributed by atoms with Crippen molar-refractivity contribution in [2.24, 2.45) is 0 Å². The first kappa shape index (κ1) is 17.8. The van der Waals surface area contributed by atoms with Crippen molar-refractivity contribution in [1.29, 1.82) is 0 Å². The summed E-state index contributed by atoms with van der Waals surface area (Å²) in [6, 6.07) is 10.1. The number of aryl methyl sites for hydroxylation is 2. The molecular formula is C19H22FN5O. The summed E-state index contributed by atoms with van der Waals surface area (Å²) in [6.45, 7) is 1.26. The van der Waals surface area contributed by atoms with Gasteiger partial charge in [0.15, 0.2) is 0 Å². The topological polar surface area (TPSA) is 66.8 Å². The van der Waals surface area contributed by atoms with Crippen molar-refractivity contribution in [3.05, 3.63) is 60.3 Å². The monoisotopic (exact) mass is 355 g/mol. The summed E-state index contributed by atoms with van der Waals surface area (Å²) in [5.74, 6) is -0.173. The van der Waals surface area contributed by atoms with E-state index in [1.165, 1.54) is 12.1 Å². The number of nitrogens with zero attached hydrogens (tertiary/aromatic N) is 4. The molecule has 1 amide bonds. The van der Waals surface area contributed by atoms with Crippen molar-refractivity contribution >= 4 is 5.91 Å². The lowest BCUT2D eigenvalue weighted by molar-refractivity contribution is -0.130. The number of aromatic nitrogens is 4. The highest BCUT2D eigenvalue weighted by atomic mass is 19.1. The molecule has 0 fully saturated rings. The zero-order valence-electron chi connectivity index (χ0n) is 14.7. The molecule has 0 bridgehead atoms. The SMILES string of the molecule is CN(CCCc1cc(-c2cccc(F)c2)n[nH]1)C(=O)CCn1cccn1. The predicted molar refractivity (Wildman–Crippen MR) is 96.8 cm³/mol. The van der Waals surface area contributed by atoms with Crippen LogP contribution >= 0.6 is 0 Å². The third kappa shape index (κ3) is 4.78. The van der Waals surface area contributed by atoms with Gasteiger partial charge < -0.3 is 4.90 Å². The van der Waals surface area contributed by atoms with Crippen LogP contribution in [0.2, 0.25) is 0 Å². The smallest absolute Gasteiger partial charge is 0.224 e. The highest BCUT2D eigenvalue weighted by molar-refractivity contribution is 5.75. The highest BCUT2D eigenvalue weighted by Gasteiger charge is 2.10. The molecule has 7 heteroatoms. The zero-order valence-corrected chi connectivity index (χ0v) is 14.7. The van der Waals surface area contributed by atoms with Crippen LogP contribution in [0.4, 0.5) is 4.39 Å². The summed E-state index contributed by atoms with van der Waals surface area (Å²) < 4.78 is 15.1. The second kappa shape index (κ2) is 8.42. The fourth-order valence-electron chi connectivity index (χ4n) is 2.75. The maximum atomic E-state index is 13.3. The molecule has 2 heterocycles. The lowest BCUT2D eigenvalue weighted by atomic mass is 10.1. The molecule has 0 aliphatic rings. The van der Waals surface area contributed by atoms with Crippen molar-refractivity contribution in [3.63, 3.8) is 0 Å². The van der Waals surface area contributed by atoms with E-state index in [1.807, 2.05) is 31.4 Å². The van der Waals surface area contributed by atoms with Gasteiger partial charge in [0.1, 0.15) is 5.82 Å². The van der Waals surface area contributed by atoms with Crippen LogP contribution in [0.5, 0.6) is 0 Å². The fourth-order valence-corrected chi connectivity index (χ4v) is 2.75. The van der Waals surface area contributed by atoms with Gasteiger partial charge in [-0.05, 0) is 37.1 Å². The maximum absolute atomic E-state index is 13.3. The van der Waals surface area contributed by atoms with Crippen molar-refractivity contribution in [1.82, 2.24) is 24.9 Å². The summed E-state index contributed by atoms with van der Waals surface area (Å²) in [5.41, 5.74) is 2.45. The van der Waals surface area contributed by atoms with Crippen LogP contribution in [0, 0.1) is 5.82 Å². The number of carbonyl (C=O) groups excluding carboxylic acids is 1. The van der Waals surface area contributed by atoms with E-state index in [9.17, 15) is 9.18 Å². The number of carbonyl (C=O) groups is 1. The molecule has 0 unspecified atom stereocenters. The Bertz CT molecular complexity index is 843. The first-order valence-corrected chi connectivity index (χ1v) is 8.63. The lowest BCUT2D eigenvalue weighted by Crippen LogP contribution is -2.28. The van der Waals surface area contributed by atoms with Crippen LogP contribution in [0.15, 0.2) is 48.8 Å². The number of benzene rings is 1. The summed E-state index contributed by atoms with van der Waals surface area (Å²) in [5, 5.41) is 11.3. The molecule has 0 atom stereocenters. The molecule has 0 saturated carbocycles. The molecule has 0 aliphatic heterocycles. The number of rotatable bonds is 8. The Kier molecular flexibility index (Phi) is 5.78. The third-order valence-electron chi connectivity index (χ3n) is 4.23. The molecule has 136 valence electrons. The zero-order chi connectivity index (χ0) is 18.4. The van der Waals surface area contributed by atoms with Crippen molar-refractivity contribution in [3.8, 4) is 11.3 Å². The van der Waals surface area contributed by atoms with E-state index in [4.69, 9.17) is 0 Å². The predicted octanol–water partition coefficient (Wildman–Crippen LogP) is 2.89. The molecule has 0 radical (unpaired) electrons. The second-order valence-electron chi connectivity index (χ2n) is 6.23. The Hall–Kier alpha value is -2.96. The normalized spacial score (nSPS) is 10.8. The number of nitrogens with one attached hydrogen (secondary N) is 1. The van der Waals surface area contributed by atoms with Crippen molar-refractivity contribution < 1.29 is 9.18 Å². The highest BCUT2D eigenvalue weighted by Crippen LogP contribution is 2.19. The lowest BCUT2D eigenvalue weighted by Gasteiger charge is -2.16. The van der Waals surface area contributed by atoms with E-state index in [2.05, 4.69) is 15.3 Å². The van der Waals surface area contributed by atoms with Crippen LogP contribution < -0.4 is 0 Å². The molecule has 26 heavy (non-hydrogen) atoms. The summed E-state index contributed by atoms with van der Waals surface area (Å²) in [6.07, 6.45) is 5.60. The second-order valence-corrected chi connectivity index (χ2v) is 6.23. The minimum atomic E-state index is -0.276. The van der Waals surface area contributed by atoms with E-state index in [-0.39, 0.29) is 11.7 Å². The van der Waals surface area contributed by atoms with Crippen LogP contribution in [0.1, 0.15) is 18.5 Å². The average Bonchev–Trinajstić information content (AvgIpc) is 3.31. The van der Waals surface area contributed by atoms with Crippen molar-refractivity contribution in [2.45, 2.75) is 25.8 Å². The Morgan fingerprint density at radius 3 is 2.96 bits per heavy atom. The Balaban J connectivity index is 1.43. The molecule has 0 aliphatic carbocycles. The maximum Gasteiger partial charge on any atom is 0.224 e. The van der Waals surface area contributed by atoms with E-state index >= 15 is 0 Å². The minimum Gasteiger partial charge on any atom is -0.346 e. The Labute approximate surface area is 151 Å². The van der Waals surface area contributed by atoms with E-state index in [1.54, 1.807) is 21.8 Å². The van der Waals surface area contributed by atoms with Crippen LogP contribution in [-0.4, -0.2) is 44.4 Å². The summed E-state index contributed by atoms with van der Waals surface area (Å²) >= 11 is 0. The molecule has 3 rings (SSSR count). The molecule has 0 saturated heterocycles. The standard InChI is InChI=1S/C19H22FN5O/c1-24(19(26)8-12-25-11-4-9-21-25)10-3-7-17-14-18(23-22-17)15-5-2-6-16(20)13-15/h2,4-6,9,11,13-14H,3,7-8,10,12H2,1H3,(H,22,23).